The van der Waals surface area contributed by atoms with Crippen molar-refractivity contribution in [1.82, 2.24) is 4.90 Å². The van der Waals surface area contributed by atoms with E-state index in [0.717, 1.165) is 0 Å². The predicted molar refractivity (Wildman–Crippen MR) is 74.0 cm³/mol. The Labute approximate surface area is 117 Å². The summed E-state index contributed by atoms with van der Waals surface area (Å²) in [6.07, 6.45) is 0. The molecule has 0 saturated heterocycles. The van der Waals surface area contributed by atoms with E-state index in [-0.39, 0.29) is 18.5 Å². The van der Waals surface area contributed by atoms with E-state index in [2.05, 4.69) is 10.1 Å². The van der Waals surface area contributed by atoms with E-state index in [1.54, 1.807) is 38.2 Å². The minimum absolute atomic E-state index is 0.246. The molecule has 0 heterocycles. The van der Waals surface area contributed by atoms with Gasteiger partial charge in [-0.3, -0.25) is 4.79 Å². The number of hydrogen-bond donors (Lipinski definition) is 1. The van der Waals surface area contributed by atoms with Crippen molar-refractivity contribution in [1.29, 1.82) is 5.26 Å². The van der Waals surface area contributed by atoms with Gasteiger partial charge in [0.15, 0.2) is 0 Å². The van der Waals surface area contributed by atoms with Gasteiger partial charge in [0.1, 0.15) is 0 Å². The molecule has 6 heteroatoms. The highest BCUT2D eigenvalue weighted by Crippen LogP contribution is 2.11. The summed E-state index contributed by atoms with van der Waals surface area (Å²) in [7, 11) is 2.90. The van der Waals surface area contributed by atoms with E-state index in [1.807, 2.05) is 6.07 Å². The lowest BCUT2D eigenvalue weighted by Crippen LogP contribution is -2.37. The van der Waals surface area contributed by atoms with Crippen LogP contribution in [0.25, 0.3) is 0 Å². The first-order valence-electron chi connectivity index (χ1n) is 6.08. The maximum absolute atomic E-state index is 11.9. The van der Waals surface area contributed by atoms with Crippen molar-refractivity contribution in [3.63, 3.8) is 0 Å². The van der Waals surface area contributed by atoms with Crippen LogP contribution in [0.3, 0.4) is 0 Å². The standard InChI is InChI=1S/C14H17N3O3/c1-10(13(18)20-3)9-17(2)14(19)16-12-6-4-5-11(7-12)8-15/h4-7,10H,9H2,1-3H3,(H,16,19). The number of amides is 2. The number of rotatable bonds is 4. The summed E-state index contributed by atoms with van der Waals surface area (Å²) in [6, 6.07) is 8.25. The van der Waals surface area contributed by atoms with Crippen LogP contribution in [0.15, 0.2) is 24.3 Å². The number of esters is 1. The first-order valence-corrected chi connectivity index (χ1v) is 6.08. The van der Waals surface area contributed by atoms with Crippen molar-refractivity contribution in [2.45, 2.75) is 6.92 Å². The molecule has 1 rings (SSSR count). The van der Waals surface area contributed by atoms with Crippen LogP contribution in [0.5, 0.6) is 0 Å². The lowest BCUT2D eigenvalue weighted by atomic mass is 10.2. The number of ether oxygens (including phenoxy) is 1. The number of anilines is 1. The van der Waals surface area contributed by atoms with E-state index in [0.29, 0.717) is 11.3 Å². The molecule has 0 aromatic heterocycles. The number of benzene rings is 1. The number of nitrogens with one attached hydrogen (secondary N) is 1. The molecule has 0 bridgehead atoms. The second-order valence-corrected chi connectivity index (χ2v) is 4.43. The summed E-state index contributed by atoms with van der Waals surface area (Å²) in [6.45, 7) is 1.93. The van der Waals surface area contributed by atoms with E-state index in [4.69, 9.17) is 5.26 Å². The van der Waals surface area contributed by atoms with Crippen molar-refractivity contribution in [3.05, 3.63) is 29.8 Å². The van der Waals surface area contributed by atoms with Crippen molar-refractivity contribution in [2.24, 2.45) is 5.92 Å². The number of methoxy groups -OCH3 is 1. The van der Waals surface area contributed by atoms with Crippen LogP contribution >= 0.6 is 0 Å². The van der Waals surface area contributed by atoms with Gasteiger partial charge in [-0.15, -0.1) is 0 Å². The molecule has 0 aliphatic heterocycles. The molecule has 0 radical (unpaired) electrons. The molecule has 106 valence electrons. The Kier molecular flexibility index (Phi) is 5.54. The molecule has 0 fully saturated rings. The Balaban J connectivity index is 2.62. The van der Waals surface area contributed by atoms with Gasteiger partial charge in [0.2, 0.25) is 0 Å². The Morgan fingerprint density at radius 1 is 1.50 bits per heavy atom. The SMILES string of the molecule is COC(=O)C(C)CN(C)C(=O)Nc1cccc(C#N)c1. The van der Waals surface area contributed by atoms with E-state index >= 15 is 0 Å². The lowest BCUT2D eigenvalue weighted by Gasteiger charge is -2.20. The molecule has 2 amide bonds. The highest BCUT2D eigenvalue weighted by molar-refractivity contribution is 5.89. The molecule has 20 heavy (non-hydrogen) atoms. The fraction of sp³-hybridized carbons (Fsp3) is 0.357. The van der Waals surface area contributed by atoms with Crippen LogP contribution in [0, 0.1) is 17.2 Å². The van der Waals surface area contributed by atoms with Crippen LogP contribution in [0.4, 0.5) is 10.5 Å². The summed E-state index contributed by atoms with van der Waals surface area (Å²) in [4.78, 5) is 24.6. The fourth-order valence-corrected chi connectivity index (χ4v) is 1.65. The third-order valence-electron chi connectivity index (χ3n) is 2.74. The molecule has 0 saturated carbocycles. The number of carbonyl (C=O) groups is 2. The maximum Gasteiger partial charge on any atom is 0.321 e. The summed E-state index contributed by atoms with van der Waals surface area (Å²) in [5, 5.41) is 11.5. The molecule has 0 aliphatic carbocycles. The Bertz CT molecular complexity index is 537. The van der Waals surface area contributed by atoms with Crippen LogP contribution in [-0.4, -0.2) is 37.6 Å². The Morgan fingerprint density at radius 3 is 2.80 bits per heavy atom. The molecule has 0 aliphatic rings. The zero-order valence-corrected chi connectivity index (χ0v) is 11.7. The smallest absolute Gasteiger partial charge is 0.321 e. The molecule has 1 N–H and O–H groups in total. The van der Waals surface area contributed by atoms with Gasteiger partial charge < -0.3 is 15.0 Å². The van der Waals surface area contributed by atoms with Gasteiger partial charge in [-0.1, -0.05) is 13.0 Å². The van der Waals surface area contributed by atoms with E-state index in [1.165, 1.54) is 12.0 Å². The van der Waals surface area contributed by atoms with Crippen LogP contribution in [0.1, 0.15) is 12.5 Å². The van der Waals surface area contributed by atoms with Gasteiger partial charge in [-0.2, -0.15) is 5.26 Å². The first-order chi connectivity index (χ1) is 9.47. The summed E-state index contributed by atoms with van der Waals surface area (Å²) >= 11 is 0. The number of carbonyl (C=O) groups excluding carboxylic acids is 2. The fourth-order valence-electron chi connectivity index (χ4n) is 1.65. The Morgan fingerprint density at radius 2 is 2.20 bits per heavy atom. The minimum Gasteiger partial charge on any atom is -0.469 e. The zero-order valence-electron chi connectivity index (χ0n) is 11.7. The van der Waals surface area contributed by atoms with Crippen LogP contribution in [0.2, 0.25) is 0 Å². The van der Waals surface area contributed by atoms with Crippen LogP contribution < -0.4 is 5.32 Å². The van der Waals surface area contributed by atoms with Gasteiger partial charge in [-0.05, 0) is 18.2 Å². The lowest BCUT2D eigenvalue weighted by molar-refractivity contribution is -0.145. The van der Waals surface area contributed by atoms with Gasteiger partial charge in [0.05, 0.1) is 24.7 Å². The molecule has 1 atom stereocenters. The van der Waals surface area contributed by atoms with Gasteiger partial charge >= 0.3 is 12.0 Å². The minimum atomic E-state index is -0.402. The third kappa shape index (κ3) is 4.28. The van der Waals surface area contributed by atoms with E-state index in [9.17, 15) is 9.59 Å². The molecular formula is C14H17N3O3. The van der Waals surface area contributed by atoms with Crippen molar-refractivity contribution < 1.29 is 14.3 Å². The van der Waals surface area contributed by atoms with Gasteiger partial charge in [-0.25, -0.2) is 4.79 Å². The number of urea groups is 1. The van der Waals surface area contributed by atoms with Crippen molar-refractivity contribution in [2.75, 3.05) is 26.0 Å². The number of nitriles is 1. The van der Waals surface area contributed by atoms with Crippen LogP contribution in [-0.2, 0) is 9.53 Å². The Hall–Kier alpha value is -2.55. The summed E-state index contributed by atoms with van der Waals surface area (Å²) in [5.41, 5.74) is 1.00. The molecule has 1 aromatic rings. The molecule has 1 aromatic carbocycles. The molecule has 0 spiro atoms. The van der Waals surface area contributed by atoms with E-state index < -0.39 is 5.92 Å². The normalized spacial score (nSPS) is 11.1. The average Bonchev–Trinajstić information content (AvgIpc) is 2.46. The highest BCUT2D eigenvalue weighted by Gasteiger charge is 2.18. The average molecular weight is 275 g/mol. The highest BCUT2D eigenvalue weighted by atomic mass is 16.5. The second kappa shape index (κ2) is 7.14. The van der Waals surface area contributed by atoms with Gasteiger partial charge in [0.25, 0.3) is 0 Å². The predicted octanol–water partition coefficient (Wildman–Crippen LogP) is 1.83. The third-order valence-corrected chi connectivity index (χ3v) is 2.74. The summed E-state index contributed by atoms with van der Waals surface area (Å²) in [5.74, 6) is -0.766. The topological polar surface area (TPSA) is 82.4 Å². The molecule has 6 nitrogen and oxygen atoms in total. The maximum atomic E-state index is 11.9. The second-order valence-electron chi connectivity index (χ2n) is 4.43. The first kappa shape index (κ1) is 15.5. The summed E-state index contributed by atoms with van der Waals surface area (Å²) < 4.78 is 4.61. The quantitative estimate of drug-likeness (QED) is 0.850. The monoisotopic (exact) mass is 275 g/mol. The zero-order chi connectivity index (χ0) is 15.1. The number of hydrogen-bond acceptors (Lipinski definition) is 4. The molecular weight excluding hydrogens is 258 g/mol. The van der Waals surface area contributed by atoms with Gasteiger partial charge in [0, 0.05) is 19.3 Å². The van der Waals surface area contributed by atoms with Crippen molar-refractivity contribution >= 4 is 17.7 Å². The van der Waals surface area contributed by atoms with Crippen molar-refractivity contribution in [3.8, 4) is 6.07 Å². The molecule has 1 unspecified atom stereocenters. The largest absolute Gasteiger partial charge is 0.469 e. The number of nitrogens with zero attached hydrogens (tertiary/aromatic N) is 2.